The Morgan fingerprint density at radius 3 is 1.24 bits per heavy atom. The van der Waals surface area contributed by atoms with Gasteiger partial charge in [-0.15, -0.1) is 0 Å². The van der Waals surface area contributed by atoms with Gasteiger partial charge in [0.25, 0.3) is 0 Å². The molecular formula is C34H46N2O6. The Morgan fingerprint density at radius 2 is 0.952 bits per heavy atom. The van der Waals surface area contributed by atoms with Crippen LogP contribution in [0, 0.1) is 0 Å². The summed E-state index contributed by atoms with van der Waals surface area (Å²) in [7, 11) is 4.34. The second kappa shape index (κ2) is 14.1. The molecule has 2 unspecified atom stereocenters. The Kier molecular flexibility index (Phi) is 10.3. The van der Waals surface area contributed by atoms with Gasteiger partial charge in [-0.25, -0.2) is 0 Å². The third-order valence-corrected chi connectivity index (χ3v) is 10.0. The summed E-state index contributed by atoms with van der Waals surface area (Å²) >= 11 is 0. The van der Waals surface area contributed by atoms with Gasteiger partial charge in [-0.2, -0.15) is 0 Å². The Balaban J connectivity index is 0.000000168. The molecule has 0 radical (unpaired) electrons. The van der Waals surface area contributed by atoms with Crippen LogP contribution < -0.4 is 0 Å². The number of esters is 2. The lowest BCUT2D eigenvalue weighted by molar-refractivity contribution is -0.156. The topological polar surface area (TPSA) is 99.5 Å². The highest BCUT2D eigenvalue weighted by Crippen LogP contribution is 2.37. The van der Waals surface area contributed by atoms with Crippen molar-refractivity contribution >= 4 is 11.9 Å². The first-order valence-corrected chi connectivity index (χ1v) is 15.5. The fourth-order valence-electron chi connectivity index (χ4n) is 7.41. The lowest BCUT2D eigenvalue weighted by atomic mass is 9.98. The second-order valence-electron chi connectivity index (χ2n) is 12.5. The molecule has 42 heavy (non-hydrogen) atoms. The van der Waals surface area contributed by atoms with E-state index in [0.717, 1.165) is 36.8 Å². The third kappa shape index (κ3) is 7.05. The van der Waals surface area contributed by atoms with Gasteiger partial charge in [0.1, 0.15) is 24.0 Å². The third-order valence-electron chi connectivity index (χ3n) is 10.0. The number of nitrogens with zero attached hydrogens (tertiary/aromatic N) is 2. The maximum Gasteiger partial charge on any atom is 0.316 e. The monoisotopic (exact) mass is 578 g/mol. The lowest BCUT2D eigenvalue weighted by Gasteiger charge is -2.36. The molecule has 2 aromatic carbocycles. The van der Waals surface area contributed by atoms with E-state index < -0.39 is 11.8 Å². The summed E-state index contributed by atoms with van der Waals surface area (Å²) in [5.41, 5.74) is 1.64. The number of piperidine rings is 2. The smallest absolute Gasteiger partial charge is 0.316 e. The fourth-order valence-corrected chi connectivity index (χ4v) is 7.41. The van der Waals surface area contributed by atoms with Crippen LogP contribution >= 0.6 is 0 Å². The van der Waals surface area contributed by atoms with Crippen molar-refractivity contribution in [2.24, 2.45) is 0 Å². The van der Waals surface area contributed by atoms with Crippen LogP contribution in [0.5, 0.6) is 0 Å². The summed E-state index contributed by atoms with van der Waals surface area (Å²) in [5.74, 6) is -1.72. The van der Waals surface area contributed by atoms with Crippen molar-refractivity contribution in [3.63, 3.8) is 0 Å². The van der Waals surface area contributed by atoms with E-state index in [9.17, 15) is 19.8 Å². The highest BCUT2D eigenvalue weighted by atomic mass is 16.5. The largest absolute Gasteiger partial charge is 0.462 e. The van der Waals surface area contributed by atoms with E-state index in [0.29, 0.717) is 24.2 Å². The maximum atomic E-state index is 12.4. The van der Waals surface area contributed by atoms with Gasteiger partial charge < -0.3 is 29.5 Å². The average Bonchev–Trinajstić information content (AvgIpc) is 3.32. The first-order chi connectivity index (χ1) is 20.4. The zero-order valence-electron chi connectivity index (χ0n) is 24.9. The molecule has 6 rings (SSSR count). The van der Waals surface area contributed by atoms with Crippen molar-refractivity contribution in [1.82, 2.24) is 9.80 Å². The molecule has 228 valence electrons. The first-order valence-electron chi connectivity index (χ1n) is 15.5. The van der Waals surface area contributed by atoms with E-state index in [1.54, 1.807) is 0 Å². The van der Waals surface area contributed by atoms with E-state index in [4.69, 9.17) is 9.47 Å². The molecule has 4 fully saturated rings. The Labute approximate surface area is 249 Å². The molecule has 0 saturated carbocycles. The number of fused-ring (bicyclic) bond motifs is 4. The van der Waals surface area contributed by atoms with Crippen LogP contribution in [0.4, 0.5) is 0 Å². The Bertz CT molecular complexity index is 1040. The molecule has 0 spiro atoms. The van der Waals surface area contributed by atoms with E-state index in [-0.39, 0.29) is 37.4 Å². The highest BCUT2D eigenvalue weighted by Gasteiger charge is 2.41. The number of carbonyl (C=O) groups is 2. The number of aliphatic hydroxyl groups is 2. The first kappa shape index (κ1) is 30.7. The number of hydrogen-bond donors (Lipinski definition) is 2. The summed E-state index contributed by atoms with van der Waals surface area (Å²) in [6, 6.07) is 20.9. The number of ether oxygens (including phenoxy) is 2. The van der Waals surface area contributed by atoms with Crippen LogP contribution in [0.3, 0.4) is 0 Å². The van der Waals surface area contributed by atoms with Gasteiger partial charge in [-0.3, -0.25) is 9.59 Å². The molecule has 4 saturated heterocycles. The van der Waals surface area contributed by atoms with Gasteiger partial charge in [-0.1, -0.05) is 60.7 Å². The SMILES string of the molecule is CN1[C@@H]2CC[C@H]1C[C@@H](OC(=O)C(CO)c1ccccc1)C2.CN1[C@@H]2CC[C@H]1C[C@@H](OC(=O)C(CO)c1ccccc1)C2. The van der Waals surface area contributed by atoms with Gasteiger partial charge in [0.05, 0.1) is 13.2 Å². The van der Waals surface area contributed by atoms with E-state index in [1.165, 1.54) is 25.7 Å². The quantitative estimate of drug-likeness (QED) is 0.456. The molecule has 0 aliphatic carbocycles. The molecule has 0 amide bonds. The van der Waals surface area contributed by atoms with Crippen LogP contribution in [0.25, 0.3) is 0 Å². The summed E-state index contributed by atoms with van der Waals surface area (Å²) in [6.07, 6.45) is 8.52. The van der Waals surface area contributed by atoms with Crippen molar-refractivity contribution < 1.29 is 29.3 Å². The molecule has 4 aliphatic rings. The van der Waals surface area contributed by atoms with E-state index in [1.807, 2.05) is 60.7 Å². The van der Waals surface area contributed by atoms with E-state index in [2.05, 4.69) is 23.9 Å². The van der Waals surface area contributed by atoms with E-state index >= 15 is 0 Å². The molecule has 2 N–H and O–H groups in total. The number of rotatable bonds is 8. The van der Waals surface area contributed by atoms with Crippen molar-refractivity contribution in [3.05, 3.63) is 71.8 Å². The predicted molar refractivity (Wildman–Crippen MR) is 160 cm³/mol. The Hall–Kier alpha value is -2.78. The summed E-state index contributed by atoms with van der Waals surface area (Å²) < 4.78 is 11.4. The normalized spacial score (nSPS) is 30.1. The molecule has 4 bridgehead atoms. The zero-order chi connectivity index (χ0) is 29.6. The van der Waals surface area contributed by atoms with Gasteiger partial charge in [0.15, 0.2) is 0 Å². The molecule has 8 heteroatoms. The Morgan fingerprint density at radius 1 is 0.643 bits per heavy atom. The van der Waals surface area contributed by atoms with Crippen LogP contribution in [-0.2, 0) is 19.1 Å². The maximum absolute atomic E-state index is 12.4. The molecule has 2 aromatic rings. The summed E-state index contributed by atoms with van der Waals surface area (Å²) in [5, 5.41) is 19.1. The number of benzene rings is 2. The minimum absolute atomic E-state index is 0.00367. The van der Waals surface area contributed by atoms with Gasteiger partial charge in [0.2, 0.25) is 0 Å². The molecule has 8 nitrogen and oxygen atoms in total. The standard InChI is InChI=1S/2C17H23NO3/c2*1-18-13-7-8-14(18)10-15(9-13)21-17(20)16(11-19)12-5-3-2-4-6-12/h2*2-6,13-16,19H,7-11H2,1H3/t2*13-,14+,15+,16?. The minimum atomic E-state index is -0.566. The van der Waals surface area contributed by atoms with Gasteiger partial charge in [-0.05, 0) is 76.6 Å². The predicted octanol–water partition coefficient (Wildman–Crippen LogP) is 3.86. The number of aliphatic hydroxyl groups excluding tert-OH is 2. The number of carbonyl (C=O) groups excluding carboxylic acids is 2. The van der Waals surface area contributed by atoms with Crippen LogP contribution in [-0.4, -0.2) is 95.6 Å². The second-order valence-corrected chi connectivity index (χ2v) is 12.5. The van der Waals surface area contributed by atoms with Crippen LogP contribution in [0.15, 0.2) is 60.7 Å². The number of hydrogen-bond acceptors (Lipinski definition) is 8. The van der Waals surface area contributed by atoms with Crippen molar-refractivity contribution in [2.45, 2.75) is 99.6 Å². The van der Waals surface area contributed by atoms with Gasteiger partial charge in [0, 0.05) is 24.2 Å². The van der Waals surface area contributed by atoms with Gasteiger partial charge >= 0.3 is 11.9 Å². The zero-order valence-corrected chi connectivity index (χ0v) is 24.9. The van der Waals surface area contributed by atoms with Crippen molar-refractivity contribution in [1.29, 1.82) is 0 Å². The minimum Gasteiger partial charge on any atom is -0.462 e. The van der Waals surface area contributed by atoms with Crippen LogP contribution in [0.1, 0.15) is 74.3 Å². The van der Waals surface area contributed by atoms with Crippen molar-refractivity contribution in [2.75, 3.05) is 27.3 Å². The highest BCUT2D eigenvalue weighted by molar-refractivity contribution is 5.79. The molecule has 4 heterocycles. The lowest BCUT2D eigenvalue weighted by Crippen LogP contribution is -2.43. The molecule has 4 aliphatic heterocycles. The summed E-state index contributed by atoms with van der Waals surface area (Å²) in [6.45, 7) is -0.412. The fraction of sp³-hybridized carbons (Fsp3) is 0.588. The van der Waals surface area contributed by atoms with Crippen molar-refractivity contribution in [3.8, 4) is 0 Å². The molecule has 8 atom stereocenters. The summed E-state index contributed by atoms with van der Waals surface area (Å²) in [4.78, 5) is 29.6. The van der Waals surface area contributed by atoms with Crippen LogP contribution in [0.2, 0.25) is 0 Å². The average molecular weight is 579 g/mol. The molecule has 0 aromatic heterocycles. The molecular weight excluding hydrogens is 532 g/mol.